The van der Waals surface area contributed by atoms with Crippen LogP contribution in [0.5, 0.6) is 51.7 Å². The second-order valence-corrected chi connectivity index (χ2v) is 36.6. The number of phenolic OH excluding ortho intramolecular Hbond substituents is 9. The summed E-state index contributed by atoms with van der Waals surface area (Å²) >= 11 is 11.6. The highest BCUT2D eigenvalue weighted by molar-refractivity contribution is 7.39. The van der Waals surface area contributed by atoms with Gasteiger partial charge in [0.15, 0.2) is 23.3 Å². The molecular weight excluding hydrogens is 1800 g/mol. The van der Waals surface area contributed by atoms with Crippen LogP contribution in [0.1, 0.15) is 22.3 Å². The van der Waals surface area contributed by atoms with Gasteiger partial charge in [-0.2, -0.15) is 0 Å². The zero-order valence-corrected chi connectivity index (χ0v) is 74.6. The topological polar surface area (TPSA) is 402 Å². The summed E-state index contributed by atoms with van der Waals surface area (Å²) in [5.41, 5.74) is 11.7. The number of nitrogens with one attached hydrogen (secondary N) is 4. The summed E-state index contributed by atoms with van der Waals surface area (Å²) < 4.78 is 7.25. The van der Waals surface area contributed by atoms with Gasteiger partial charge in [0, 0.05) is 56.4 Å². The molecule has 25 nitrogen and oxygen atoms in total. The number of aromatic hydroxyl groups is 9. The monoisotopic (exact) mass is 1870 g/mol. The summed E-state index contributed by atoms with van der Waals surface area (Å²) in [5, 5.41) is 103. The lowest BCUT2D eigenvalue weighted by Crippen LogP contribution is -2.16. The SMILES string of the molecule is O=C(Cc1ccc(O)cc1)Nc1ncc(-c2ccc(O)cc2)nc1-c1cc2sc3ccsc3c2s1.O=C(Cc1ccc(O)cc1)Nc1ncc(-c2ccc(O)cc2)nc1-c1cc2sccc2s1.O=C(Cc1ccc(O)cc1)Nc1ncc(-c2ccc(O)cc2)nc1-c1ccc(-c2cccs2)s1.O=C(Cc1ccc(O)cc1)Nc1ncc(-c2ccc(O)cc2)nc1-c1ccc(O)cc1. The molecule has 4 amide bonds. The molecule has 0 atom stereocenters. The number of amides is 4. The number of fused-ring (bicyclic) bond motifs is 4. The van der Waals surface area contributed by atoms with Crippen LogP contribution >= 0.6 is 79.4 Å². The van der Waals surface area contributed by atoms with Crippen LogP contribution in [-0.2, 0) is 44.9 Å². The van der Waals surface area contributed by atoms with Crippen molar-refractivity contribution in [1.29, 1.82) is 0 Å². The van der Waals surface area contributed by atoms with E-state index in [2.05, 4.69) is 81.9 Å². The van der Waals surface area contributed by atoms with Gasteiger partial charge in [-0.25, -0.2) is 39.9 Å². The normalized spacial score (nSPS) is 10.9. The fourth-order valence-corrected chi connectivity index (χ4v) is 21.2. The number of rotatable bonds is 21. The highest BCUT2D eigenvalue weighted by Gasteiger charge is 2.24. The zero-order valence-electron chi connectivity index (χ0n) is 68.9. The number of thiophene rings is 7. The summed E-state index contributed by atoms with van der Waals surface area (Å²) in [7, 11) is 0. The van der Waals surface area contributed by atoms with E-state index in [1.807, 2.05) is 29.0 Å². The Morgan fingerprint density at radius 1 is 0.242 bits per heavy atom. The molecule has 13 N–H and O–H groups in total. The van der Waals surface area contributed by atoms with Gasteiger partial charge < -0.3 is 67.2 Å². The van der Waals surface area contributed by atoms with Crippen LogP contribution in [-0.4, -0.2) is 109 Å². The fourth-order valence-electron chi connectivity index (χ4n) is 13.5. The molecule has 11 heterocycles. The van der Waals surface area contributed by atoms with Crippen LogP contribution in [0.3, 0.4) is 0 Å². The van der Waals surface area contributed by atoms with Gasteiger partial charge in [0.1, 0.15) is 74.5 Å². The van der Waals surface area contributed by atoms with E-state index in [1.165, 1.54) is 43.1 Å². The van der Waals surface area contributed by atoms with Gasteiger partial charge in [-0.15, -0.1) is 79.4 Å². The summed E-state index contributed by atoms with van der Waals surface area (Å²) in [6.45, 7) is 0. The molecule has 0 aliphatic heterocycles. The van der Waals surface area contributed by atoms with E-state index in [0.717, 1.165) is 78.3 Å². The summed E-state index contributed by atoms with van der Waals surface area (Å²) in [6.07, 6.45) is 6.95. The molecule has 0 saturated carbocycles. The lowest BCUT2D eigenvalue weighted by Gasteiger charge is -2.12. The van der Waals surface area contributed by atoms with Crippen LogP contribution in [0.2, 0.25) is 0 Å². The third-order valence-corrected chi connectivity index (χ3v) is 27.9. The van der Waals surface area contributed by atoms with E-state index in [9.17, 15) is 65.1 Å². The number of carbonyl (C=O) groups excluding carboxylic acids is 4. The molecule has 11 aromatic heterocycles. The van der Waals surface area contributed by atoms with Gasteiger partial charge in [-0.05, 0) is 251 Å². The number of phenols is 9. The molecule has 9 aromatic carbocycles. The number of nitrogens with zero attached hydrogens (tertiary/aromatic N) is 8. The van der Waals surface area contributed by atoms with Gasteiger partial charge in [-0.3, -0.25) is 19.2 Å². The Bertz CT molecular complexity index is 7480. The van der Waals surface area contributed by atoms with Crippen molar-refractivity contribution in [1.82, 2.24) is 39.9 Å². The first-order chi connectivity index (χ1) is 64.1. The quantitative estimate of drug-likeness (QED) is 0.0318. The predicted molar refractivity (Wildman–Crippen MR) is 525 cm³/mol. The maximum Gasteiger partial charge on any atom is 0.230 e. The van der Waals surface area contributed by atoms with Crippen molar-refractivity contribution in [3.63, 3.8) is 0 Å². The van der Waals surface area contributed by atoms with Crippen LogP contribution in [0.15, 0.2) is 308 Å². The van der Waals surface area contributed by atoms with E-state index in [-0.39, 0.29) is 107 Å². The van der Waals surface area contributed by atoms with Crippen molar-refractivity contribution in [3.8, 4) is 150 Å². The standard InChI is InChI=1S/C26H17N3O3S3.C26H19N3O3S2.C24H19N3O4.C24H17N3O3S2/c30-16-5-1-14(2-6-16)11-22(32)29-26-23(28-18(13-27-26)15-3-7-17(31)8-4-15)20-12-21-25(35-20)24-19(34-21)9-10-33-24;30-18-7-3-16(4-8-18)14-24(32)29-26-25(23-12-11-22(34-23)21-2-1-13-33-21)28-20(15-27-26)17-5-9-19(31)10-6-17;28-18-7-1-15(2-8-18)13-22(31)27-24-23(17-5-11-20(30)12-6-17)26-21(14-25-24)16-3-9-19(29)10-4-16;28-16-5-1-14(2-6-16)11-22(30)27-24-23(21-12-20-19(32-21)9-10-31-20)26-18(13-25-24)15-3-7-17(29)8-4-15/h1-10,12-13,30-31H,11H2,(H,27,29,32);1-13,15,30-31H,14H2,(H,27,29,32);1-12,14,28-30H,13H2,(H,25,27,31);1-10,12-13,28-29H,11H2,(H,25,27,30). The third-order valence-electron chi connectivity index (χ3n) is 20.1. The van der Waals surface area contributed by atoms with Crippen LogP contribution in [0, 0.1) is 0 Å². The summed E-state index contributed by atoms with van der Waals surface area (Å²) in [6, 6.07) is 75.8. The maximum atomic E-state index is 12.8. The van der Waals surface area contributed by atoms with Crippen molar-refractivity contribution >= 4 is 154 Å². The highest BCUT2D eigenvalue weighted by Crippen LogP contribution is 2.47. The Kier molecular flexibility index (Phi) is 26.8. The largest absolute Gasteiger partial charge is 0.508 e. The summed E-state index contributed by atoms with van der Waals surface area (Å²) in [4.78, 5) is 93.1. The smallest absolute Gasteiger partial charge is 0.230 e. The molecule has 0 radical (unpaired) electrons. The lowest BCUT2D eigenvalue weighted by molar-refractivity contribution is -0.116. The molecule has 0 spiro atoms. The third kappa shape index (κ3) is 21.9. The average molecular weight is 1870 g/mol. The Labute approximate surface area is 780 Å². The fraction of sp³-hybridized carbons (Fsp3) is 0.0400. The van der Waals surface area contributed by atoms with E-state index in [1.54, 1.807) is 298 Å². The minimum atomic E-state index is -0.280. The van der Waals surface area contributed by atoms with Crippen LogP contribution < -0.4 is 21.3 Å². The molecule has 32 heteroatoms. The predicted octanol–water partition coefficient (Wildman–Crippen LogP) is 22.9. The molecular formula is C100H72N12O13S7. The van der Waals surface area contributed by atoms with Crippen molar-refractivity contribution in [2.24, 2.45) is 0 Å². The first kappa shape index (κ1) is 88.1. The summed E-state index contributed by atoms with van der Waals surface area (Å²) in [5.74, 6) is 1.91. The molecule has 0 aliphatic carbocycles. The molecule has 20 rings (SSSR count). The second-order valence-electron chi connectivity index (χ2n) is 29.5. The minimum absolute atomic E-state index is 0.108. The van der Waals surface area contributed by atoms with Crippen molar-refractivity contribution in [2.45, 2.75) is 25.7 Å². The van der Waals surface area contributed by atoms with Crippen molar-refractivity contribution in [3.05, 3.63) is 330 Å². The molecule has 0 bridgehead atoms. The molecule has 132 heavy (non-hydrogen) atoms. The zero-order chi connectivity index (χ0) is 91.3. The van der Waals surface area contributed by atoms with Gasteiger partial charge in [0.25, 0.3) is 0 Å². The molecule has 20 aromatic rings. The molecule has 0 unspecified atom stereocenters. The highest BCUT2D eigenvalue weighted by atomic mass is 32.1. The number of hydrogen-bond acceptors (Lipinski definition) is 28. The van der Waals surface area contributed by atoms with Gasteiger partial charge >= 0.3 is 0 Å². The first-order valence-electron chi connectivity index (χ1n) is 40.4. The van der Waals surface area contributed by atoms with E-state index >= 15 is 0 Å². The van der Waals surface area contributed by atoms with Gasteiger partial charge in [-0.1, -0.05) is 54.6 Å². The second kappa shape index (κ2) is 40.2. The Hall–Kier alpha value is -15.9. The molecule has 0 aliphatic rings. The molecule has 652 valence electrons. The maximum absolute atomic E-state index is 12.8. The van der Waals surface area contributed by atoms with Gasteiger partial charge in [0.05, 0.1) is 97.3 Å². The minimum Gasteiger partial charge on any atom is -0.508 e. The van der Waals surface area contributed by atoms with Crippen LogP contribution in [0.25, 0.3) is 126 Å². The number of anilines is 4. The number of benzene rings is 9. The van der Waals surface area contributed by atoms with E-state index in [4.69, 9.17) is 15.0 Å². The van der Waals surface area contributed by atoms with Crippen molar-refractivity contribution in [2.75, 3.05) is 21.3 Å². The number of hydrogen-bond donors (Lipinski definition) is 13. The van der Waals surface area contributed by atoms with Gasteiger partial charge in [0.2, 0.25) is 23.6 Å². The molecule has 0 saturated heterocycles. The van der Waals surface area contributed by atoms with Crippen molar-refractivity contribution < 1.29 is 65.1 Å². The first-order valence-corrected chi connectivity index (χ1v) is 46.3. The van der Waals surface area contributed by atoms with E-state index < -0.39 is 0 Å². The number of carbonyl (C=O) groups is 4. The van der Waals surface area contributed by atoms with Crippen LogP contribution in [0.4, 0.5) is 23.3 Å². The Morgan fingerprint density at radius 2 is 0.553 bits per heavy atom. The lowest BCUT2D eigenvalue weighted by atomic mass is 10.1. The Morgan fingerprint density at radius 3 is 0.917 bits per heavy atom. The molecule has 0 fully saturated rings. The van der Waals surface area contributed by atoms with E-state index in [0.29, 0.717) is 68.6 Å². The number of aromatic nitrogens is 8. The average Bonchev–Trinajstić information content (AvgIpc) is 1.60. The Balaban J connectivity index is 0.000000123.